The molecule has 2 aromatic rings. The maximum atomic E-state index is 10.3. The number of benzene rings is 1. The Kier molecular flexibility index (Phi) is 3.69. The zero-order valence-corrected chi connectivity index (χ0v) is 10.9. The van der Waals surface area contributed by atoms with Gasteiger partial charge in [0.15, 0.2) is 11.5 Å². The molecule has 0 saturated carbocycles. The van der Waals surface area contributed by atoms with Gasteiger partial charge >= 0.3 is 5.97 Å². The van der Waals surface area contributed by atoms with Crippen molar-refractivity contribution in [3.63, 3.8) is 0 Å². The molecule has 0 bridgehead atoms. The Morgan fingerprint density at radius 3 is 2.86 bits per heavy atom. The molecule has 0 aliphatic carbocycles. The number of aliphatic carboxylic acids is 1. The van der Waals surface area contributed by atoms with Gasteiger partial charge in [0.1, 0.15) is 26.4 Å². The summed E-state index contributed by atoms with van der Waals surface area (Å²) in [4.78, 5) is 10.3. The largest absolute Gasteiger partial charge is 0.486 e. The standard InChI is InChI=1S/C13H12N2O6/c16-12(17)7-18-6-11-14-15-13(21-11)8-1-2-9-10(5-8)20-4-3-19-9/h1-2,5H,3-4,6-7H2,(H,16,17). The third-order valence-electron chi connectivity index (χ3n) is 2.71. The number of carboxylic acid groups (broad SMARTS) is 1. The highest BCUT2D eigenvalue weighted by Crippen LogP contribution is 2.34. The number of rotatable bonds is 5. The number of nitrogens with zero attached hydrogens (tertiary/aromatic N) is 2. The van der Waals surface area contributed by atoms with Crippen LogP contribution in [-0.2, 0) is 16.1 Å². The fourth-order valence-corrected chi connectivity index (χ4v) is 1.83. The average molecular weight is 292 g/mol. The SMILES string of the molecule is O=C(O)COCc1nnc(-c2ccc3c(c2)OCCO3)o1. The minimum Gasteiger partial charge on any atom is -0.486 e. The number of hydrogen-bond acceptors (Lipinski definition) is 7. The van der Waals surface area contributed by atoms with E-state index in [0.29, 0.717) is 36.2 Å². The molecule has 2 heterocycles. The summed E-state index contributed by atoms with van der Waals surface area (Å²) in [5.74, 6) is 0.763. The Hall–Kier alpha value is -2.61. The predicted molar refractivity (Wildman–Crippen MR) is 68.0 cm³/mol. The molecular weight excluding hydrogens is 280 g/mol. The van der Waals surface area contributed by atoms with Crippen LogP contribution >= 0.6 is 0 Å². The summed E-state index contributed by atoms with van der Waals surface area (Å²) < 4.78 is 21.2. The van der Waals surface area contributed by atoms with Crippen molar-refractivity contribution in [2.24, 2.45) is 0 Å². The highest BCUT2D eigenvalue weighted by atomic mass is 16.6. The van der Waals surface area contributed by atoms with Crippen LogP contribution in [0.4, 0.5) is 0 Å². The number of carboxylic acids is 1. The molecule has 1 aromatic heterocycles. The van der Waals surface area contributed by atoms with Gasteiger partial charge in [0.25, 0.3) is 0 Å². The number of carbonyl (C=O) groups is 1. The highest BCUT2D eigenvalue weighted by Gasteiger charge is 2.15. The minimum absolute atomic E-state index is 0.0517. The van der Waals surface area contributed by atoms with Crippen molar-refractivity contribution in [1.29, 1.82) is 0 Å². The summed E-state index contributed by atoms with van der Waals surface area (Å²) in [6, 6.07) is 5.31. The Balaban J connectivity index is 1.72. The van der Waals surface area contributed by atoms with E-state index in [4.69, 9.17) is 23.7 Å². The Morgan fingerprint density at radius 1 is 1.24 bits per heavy atom. The van der Waals surface area contributed by atoms with Crippen LogP contribution in [0.5, 0.6) is 11.5 Å². The average Bonchev–Trinajstić information content (AvgIpc) is 2.95. The number of aromatic nitrogens is 2. The first-order valence-corrected chi connectivity index (χ1v) is 6.24. The van der Waals surface area contributed by atoms with Crippen LogP contribution in [0.1, 0.15) is 5.89 Å². The molecule has 21 heavy (non-hydrogen) atoms. The van der Waals surface area contributed by atoms with Gasteiger partial charge in [-0.3, -0.25) is 0 Å². The fraction of sp³-hybridized carbons (Fsp3) is 0.308. The van der Waals surface area contributed by atoms with Gasteiger partial charge in [-0.2, -0.15) is 0 Å². The molecule has 110 valence electrons. The fourth-order valence-electron chi connectivity index (χ4n) is 1.83. The van der Waals surface area contributed by atoms with Crippen molar-refractivity contribution in [2.45, 2.75) is 6.61 Å². The van der Waals surface area contributed by atoms with Crippen LogP contribution in [0.2, 0.25) is 0 Å². The van der Waals surface area contributed by atoms with Crippen molar-refractivity contribution >= 4 is 5.97 Å². The van der Waals surface area contributed by atoms with Crippen molar-refractivity contribution in [2.75, 3.05) is 19.8 Å². The zero-order valence-electron chi connectivity index (χ0n) is 10.9. The van der Waals surface area contributed by atoms with Gasteiger partial charge in [0, 0.05) is 5.56 Å². The third kappa shape index (κ3) is 3.11. The van der Waals surface area contributed by atoms with Crippen molar-refractivity contribution in [1.82, 2.24) is 10.2 Å². The van der Waals surface area contributed by atoms with E-state index in [1.165, 1.54) is 0 Å². The summed E-state index contributed by atoms with van der Waals surface area (Å²) in [5, 5.41) is 16.2. The maximum Gasteiger partial charge on any atom is 0.329 e. The topological polar surface area (TPSA) is 104 Å². The van der Waals surface area contributed by atoms with Crippen LogP contribution in [0, 0.1) is 0 Å². The van der Waals surface area contributed by atoms with E-state index >= 15 is 0 Å². The highest BCUT2D eigenvalue weighted by molar-refractivity contribution is 5.68. The zero-order chi connectivity index (χ0) is 14.7. The summed E-state index contributed by atoms with van der Waals surface area (Å²) in [6.07, 6.45) is 0. The van der Waals surface area contributed by atoms with Crippen LogP contribution in [-0.4, -0.2) is 41.1 Å². The summed E-state index contributed by atoms with van der Waals surface area (Å²) >= 11 is 0. The van der Waals surface area contributed by atoms with E-state index < -0.39 is 12.6 Å². The number of hydrogen-bond donors (Lipinski definition) is 1. The molecule has 1 aliphatic heterocycles. The molecule has 0 spiro atoms. The second-order valence-electron chi connectivity index (χ2n) is 4.25. The molecule has 1 aliphatic rings. The predicted octanol–water partition coefficient (Wildman–Crippen LogP) is 1.11. The quantitative estimate of drug-likeness (QED) is 0.873. The first-order chi connectivity index (χ1) is 10.2. The second-order valence-corrected chi connectivity index (χ2v) is 4.25. The monoisotopic (exact) mass is 292 g/mol. The number of fused-ring (bicyclic) bond motifs is 1. The van der Waals surface area contributed by atoms with E-state index in [1.807, 2.05) is 0 Å². The van der Waals surface area contributed by atoms with Gasteiger partial charge in [-0.25, -0.2) is 4.79 Å². The Morgan fingerprint density at radius 2 is 2.05 bits per heavy atom. The maximum absolute atomic E-state index is 10.3. The molecule has 8 nitrogen and oxygen atoms in total. The van der Waals surface area contributed by atoms with Gasteiger partial charge < -0.3 is 23.7 Å². The van der Waals surface area contributed by atoms with Gasteiger partial charge in [0.05, 0.1) is 0 Å². The first kappa shape index (κ1) is 13.4. The number of ether oxygens (including phenoxy) is 3. The second kappa shape index (κ2) is 5.80. The molecular formula is C13H12N2O6. The summed E-state index contributed by atoms with van der Waals surface area (Å²) in [7, 11) is 0. The minimum atomic E-state index is -1.05. The van der Waals surface area contributed by atoms with Crippen LogP contribution < -0.4 is 9.47 Å². The lowest BCUT2D eigenvalue weighted by Gasteiger charge is -2.18. The van der Waals surface area contributed by atoms with E-state index in [2.05, 4.69) is 10.2 Å². The van der Waals surface area contributed by atoms with Gasteiger partial charge in [-0.15, -0.1) is 10.2 Å². The molecule has 1 N–H and O–H groups in total. The van der Waals surface area contributed by atoms with Gasteiger partial charge in [-0.1, -0.05) is 0 Å². The lowest BCUT2D eigenvalue weighted by atomic mass is 10.2. The molecule has 8 heteroatoms. The molecule has 1 aromatic carbocycles. The van der Waals surface area contributed by atoms with E-state index in [0.717, 1.165) is 0 Å². The molecule has 0 atom stereocenters. The van der Waals surface area contributed by atoms with Gasteiger partial charge in [0.2, 0.25) is 11.8 Å². The van der Waals surface area contributed by atoms with Crippen molar-refractivity contribution < 1.29 is 28.5 Å². The van der Waals surface area contributed by atoms with E-state index in [9.17, 15) is 4.79 Å². The van der Waals surface area contributed by atoms with E-state index in [-0.39, 0.29) is 12.5 Å². The van der Waals surface area contributed by atoms with Crippen LogP contribution in [0.25, 0.3) is 11.5 Å². The molecule has 3 rings (SSSR count). The van der Waals surface area contributed by atoms with E-state index in [1.54, 1.807) is 18.2 Å². The van der Waals surface area contributed by atoms with Gasteiger partial charge in [-0.05, 0) is 18.2 Å². The van der Waals surface area contributed by atoms with Crippen LogP contribution in [0.15, 0.2) is 22.6 Å². The molecule has 0 radical (unpaired) electrons. The van der Waals surface area contributed by atoms with Crippen molar-refractivity contribution in [3.8, 4) is 23.0 Å². The smallest absolute Gasteiger partial charge is 0.329 e. The molecule has 0 amide bonds. The molecule has 0 saturated heterocycles. The first-order valence-electron chi connectivity index (χ1n) is 6.24. The Labute approximate surface area is 119 Å². The summed E-state index contributed by atoms with van der Waals surface area (Å²) in [6.45, 7) is 0.554. The normalized spacial score (nSPS) is 13.1. The third-order valence-corrected chi connectivity index (χ3v) is 2.71. The van der Waals surface area contributed by atoms with Crippen molar-refractivity contribution in [3.05, 3.63) is 24.1 Å². The molecule has 0 unspecified atom stereocenters. The summed E-state index contributed by atoms with van der Waals surface area (Å²) in [5.41, 5.74) is 0.691. The Bertz CT molecular complexity index is 654. The van der Waals surface area contributed by atoms with Crippen LogP contribution in [0.3, 0.4) is 0 Å². The molecule has 0 fully saturated rings. The lowest BCUT2D eigenvalue weighted by Crippen LogP contribution is -2.15. The lowest BCUT2D eigenvalue weighted by molar-refractivity contribution is -0.142.